The fourth-order valence-corrected chi connectivity index (χ4v) is 4.82. The van der Waals surface area contributed by atoms with E-state index < -0.39 is 12.1 Å². The van der Waals surface area contributed by atoms with Crippen LogP contribution in [0.1, 0.15) is 23.6 Å². The van der Waals surface area contributed by atoms with Crippen molar-refractivity contribution in [3.63, 3.8) is 0 Å². The summed E-state index contributed by atoms with van der Waals surface area (Å²) >= 11 is 0. The molecule has 2 heterocycles. The molecule has 0 unspecified atom stereocenters. The number of nitrogens with one attached hydrogen (secondary N) is 1. The van der Waals surface area contributed by atoms with Gasteiger partial charge in [0.25, 0.3) is 0 Å². The van der Waals surface area contributed by atoms with Crippen LogP contribution in [-0.4, -0.2) is 28.1 Å². The van der Waals surface area contributed by atoms with Crippen molar-refractivity contribution in [3.8, 4) is 0 Å². The second kappa shape index (κ2) is 8.23. The van der Waals surface area contributed by atoms with Gasteiger partial charge in [0, 0.05) is 53.7 Å². The quantitative estimate of drug-likeness (QED) is 0.421. The topological polar surface area (TPSA) is 37.3 Å². The predicted molar refractivity (Wildman–Crippen MR) is 124 cm³/mol. The monoisotopic (exact) mass is 451 g/mol. The van der Waals surface area contributed by atoms with Crippen molar-refractivity contribution in [1.29, 1.82) is 0 Å². The highest BCUT2D eigenvalue weighted by Gasteiger charge is 2.38. The minimum Gasteiger partial charge on any atom is -0.341 e. The van der Waals surface area contributed by atoms with Crippen LogP contribution in [0.2, 0.25) is 0 Å². The van der Waals surface area contributed by atoms with E-state index in [0.29, 0.717) is 0 Å². The van der Waals surface area contributed by atoms with Crippen molar-refractivity contribution in [2.24, 2.45) is 0 Å². The fraction of sp³-hybridized carbons (Fsp3) is 0.269. The lowest BCUT2D eigenvalue weighted by Crippen LogP contribution is -2.29. The van der Waals surface area contributed by atoms with Gasteiger partial charge in [-0.15, -0.1) is 0 Å². The summed E-state index contributed by atoms with van der Waals surface area (Å²) in [5.41, 5.74) is 6.02. The normalized spacial score (nSPS) is 14.5. The Morgan fingerprint density at radius 1 is 0.970 bits per heavy atom. The largest absolute Gasteiger partial charge is 0.471 e. The molecule has 1 amide bonds. The van der Waals surface area contributed by atoms with Gasteiger partial charge in [-0.1, -0.05) is 30.3 Å². The molecule has 0 atom stereocenters. The Hall–Kier alpha value is -3.32. The molecule has 0 saturated heterocycles. The summed E-state index contributed by atoms with van der Waals surface area (Å²) < 4.78 is 40.3. The molecule has 1 N–H and O–H groups in total. The molecule has 4 aromatic rings. The van der Waals surface area contributed by atoms with Gasteiger partial charge in [-0.2, -0.15) is 13.2 Å². The number of aromatic nitrogens is 1. The van der Waals surface area contributed by atoms with Crippen molar-refractivity contribution < 1.29 is 18.0 Å². The van der Waals surface area contributed by atoms with E-state index in [-0.39, 0.29) is 5.69 Å². The number of hydrogen-bond donors (Lipinski definition) is 1. The summed E-state index contributed by atoms with van der Waals surface area (Å²) in [7, 11) is 0. The Balaban J connectivity index is 1.49. The van der Waals surface area contributed by atoms with Crippen LogP contribution in [-0.2, 0) is 30.8 Å². The van der Waals surface area contributed by atoms with Crippen molar-refractivity contribution in [3.05, 3.63) is 77.4 Å². The Labute approximate surface area is 189 Å². The number of fused-ring (bicyclic) bond motifs is 4. The molecule has 1 aliphatic heterocycles. The molecule has 5 rings (SSSR count). The average Bonchev–Trinajstić information content (AvgIpc) is 3.10. The summed E-state index contributed by atoms with van der Waals surface area (Å²) in [6, 6.07) is 19.8. The number of aryl methyl sites for hydroxylation is 1. The zero-order valence-electron chi connectivity index (χ0n) is 18.2. The number of rotatable bonds is 4. The highest BCUT2D eigenvalue weighted by atomic mass is 19.4. The van der Waals surface area contributed by atoms with E-state index in [2.05, 4.69) is 51.9 Å². The van der Waals surface area contributed by atoms with Gasteiger partial charge in [0.15, 0.2) is 0 Å². The zero-order valence-corrected chi connectivity index (χ0v) is 18.2. The van der Waals surface area contributed by atoms with Gasteiger partial charge in [0.1, 0.15) is 0 Å². The molecule has 0 spiro atoms. The highest BCUT2D eigenvalue weighted by molar-refractivity contribution is 6.10. The number of carbonyl (C=O) groups excluding carboxylic acids is 1. The minimum absolute atomic E-state index is 0.137. The second-order valence-electron chi connectivity index (χ2n) is 8.51. The number of benzene rings is 3. The van der Waals surface area contributed by atoms with Gasteiger partial charge in [-0.25, -0.2) is 0 Å². The van der Waals surface area contributed by atoms with E-state index in [1.807, 2.05) is 12.2 Å². The number of amides is 1. The first-order chi connectivity index (χ1) is 15.8. The lowest BCUT2D eigenvalue weighted by molar-refractivity contribution is -0.167. The molecule has 0 fully saturated rings. The van der Waals surface area contributed by atoms with Crippen LogP contribution in [0.15, 0.2) is 60.7 Å². The summed E-state index contributed by atoms with van der Waals surface area (Å²) in [5, 5.41) is 3.78. The molecular formula is C26H24F3N3O. The molecule has 0 bridgehead atoms. The van der Waals surface area contributed by atoms with Crippen LogP contribution >= 0.6 is 0 Å². The molecule has 0 saturated carbocycles. The van der Waals surface area contributed by atoms with Crippen molar-refractivity contribution >= 4 is 33.4 Å². The second-order valence-corrected chi connectivity index (χ2v) is 8.51. The van der Waals surface area contributed by atoms with Crippen molar-refractivity contribution in [2.45, 2.75) is 39.2 Å². The summed E-state index contributed by atoms with van der Waals surface area (Å²) in [5.74, 6) is -1.97. The van der Waals surface area contributed by atoms with Gasteiger partial charge in [0.05, 0.1) is 0 Å². The van der Waals surface area contributed by atoms with Crippen LogP contribution in [0.3, 0.4) is 0 Å². The van der Waals surface area contributed by atoms with Gasteiger partial charge < -0.3 is 9.88 Å². The molecule has 3 aromatic carbocycles. The summed E-state index contributed by atoms with van der Waals surface area (Å²) in [4.78, 5) is 13.8. The Morgan fingerprint density at radius 2 is 1.67 bits per heavy atom. The third-order valence-corrected chi connectivity index (χ3v) is 6.38. The maximum atomic E-state index is 12.7. The van der Waals surface area contributed by atoms with E-state index in [0.717, 1.165) is 60.0 Å². The molecule has 1 aliphatic rings. The van der Waals surface area contributed by atoms with Crippen LogP contribution < -0.4 is 5.32 Å². The van der Waals surface area contributed by atoms with E-state index >= 15 is 0 Å². The van der Waals surface area contributed by atoms with E-state index in [1.54, 1.807) is 12.1 Å². The zero-order chi connectivity index (χ0) is 23.2. The predicted octanol–water partition coefficient (Wildman–Crippen LogP) is 5.87. The standard InChI is InChI=1S/C26H24F3N3O/c1-2-32-23-9-7-17(15-31-12-11-18-5-3-4-6-19(18)16-31)13-21(23)22-14-20(8-10-24(22)32)30-25(33)26(27,28)29/h3-10,13-14H,2,11-12,15-16H2,1H3,(H,30,33). The summed E-state index contributed by atoms with van der Waals surface area (Å²) in [6.07, 6.45) is -3.90. The van der Waals surface area contributed by atoms with E-state index in [1.165, 1.54) is 17.2 Å². The number of halogens is 3. The highest BCUT2D eigenvalue weighted by Crippen LogP contribution is 2.33. The Bertz CT molecular complexity index is 1360. The first-order valence-corrected chi connectivity index (χ1v) is 11.1. The SMILES string of the molecule is CCn1c2ccc(CN3CCc4ccccc4C3)cc2c2cc(NC(=O)C(F)(F)F)ccc21. The van der Waals surface area contributed by atoms with E-state index in [4.69, 9.17) is 0 Å². The number of nitrogens with zero attached hydrogens (tertiary/aromatic N) is 2. The molecule has 7 heteroatoms. The van der Waals surface area contributed by atoms with Crippen LogP contribution in [0.25, 0.3) is 21.8 Å². The average molecular weight is 451 g/mol. The van der Waals surface area contributed by atoms with Crippen LogP contribution in [0.5, 0.6) is 0 Å². The van der Waals surface area contributed by atoms with E-state index in [9.17, 15) is 18.0 Å². The maximum absolute atomic E-state index is 12.7. The lowest BCUT2D eigenvalue weighted by Gasteiger charge is -2.28. The van der Waals surface area contributed by atoms with Crippen LogP contribution in [0, 0.1) is 0 Å². The summed E-state index contributed by atoms with van der Waals surface area (Å²) in [6.45, 7) is 5.46. The fourth-order valence-electron chi connectivity index (χ4n) is 4.82. The first-order valence-electron chi connectivity index (χ1n) is 11.1. The number of hydrogen-bond acceptors (Lipinski definition) is 2. The molecular weight excluding hydrogens is 427 g/mol. The van der Waals surface area contributed by atoms with Crippen molar-refractivity contribution in [2.75, 3.05) is 11.9 Å². The maximum Gasteiger partial charge on any atom is 0.471 e. The number of carbonyl (C=O) groups is 1. The van der Waals surface area contributed by atoms with Gasteiger partial charge >= 0.3 is 12.1 Å². The van der Waals surface area contributed by atoms with Gasteiger partial charge in [-0.3, -0.25) is 9.69 Å². The molecule has 170 valence electrons. The Kier molecular flexibility index (Phi) is 5.37. The molecule has 33 heavy (non-hydrogen) atoms. The lowest BCUT2D eigenvalue weighted by atomic mass is 9.99. The molecule has 0 radical (unpaired) electrons. The van der Waals surface area contributed by atoms with Gasteiger partial charge in [-0.05, 0) is 60.4 Å². The smallest absolute Gasteiger partial charge is 0.341 e. The third kappa shape index (κ3) is 4.09. The number of alkyl halides is 3. The van der Waals surface area contributed by atoms with Gasteiger partial charge in [0.2, 0.25) is 0 Å². The van der Waals surface area contributed by atoms with Crippen LogP contribution in [0.4, 0.5) is 18.9 Å². The van der Waals surface area contributed by atoms with Crippen molar-refractivity contribution in [1.82, 2.24) is 9.47 Å². The number of anilines is 1. The molecule has 0 aliphatic carbocycles. The first kappa shape index (κ1) is 21.5. The third-order valence-electron chi connectivity index (χ3n) is 6.38. The minimum atomic E-state index is -4.92. The molecule has 4 nitrogen and oxygen atoms in total. The molecule has 1 aromatic heterocycles. The Morgan fingerprint density at radius 3 is 2.39 bits per heavy atom.